The minimum atomic E-state index is -0.353. The van der Waals surface area contributed by atoms with E-state index in [4.69, 9.17) is 13.9 Å². The summed E-state index contributed by atoms with van der Waals surface area (Å²) >= 11 is 6.50. The van der Waals surface area contributed by atoms with E-state index in [2.05, 4.69) is 42.4 Å². The normalized spacial score (nSPS) is 12.9. The summed E-state index contributed by atoms with van der Waals surface area (Å²) < 4.78 is 17.0. The van der Waals surface area contributed by atoms with Crippen LogP contribution < -0.4 is 14.9 Å². The van der Waals surface area contributed by atoms with Gasteiger partial charge in [-0.15, -0.1) is 0 Å². The summed E-state index contributed by atoms with van der Waals surface area (Å²) in [7, 11) is 0. The van der Waals surface area contributed by atoms with Gasteiger partial charge >= 0.3 is 0 Å². The molecule has 2 aromatic rings. The van der Waals surface area contributed by atoms with Gasteiger partial charge in [0.05, 0.1) is 10.7 Å². The van der Waals surface area contributed by atoms with E-state index >= 15 is 0 Å². The Morgan fingerprint density at radius 1 is 1.24 bits per heavy atom. The molecule has 0 unspecified atom stereocenters. The van der Waals surface area contributed by atoms with Crippen molar-refractivity contribution in [1.82, 2.24) is 5.43 Å². The number of hydrogen-bond acceptors (Lipinski definition) is 5. The first-order valence-corrected chi connectivity index (χ1v) is 7.40. The molecule has 0 aliphatic carbocycles. The number of ether oxygens (including phenoxy) is 2. The van der Waals surface area contributed by atoms with Gasteiger partial charge in [-0.05, 0) is 50.1 Å². The Hall–Kier alpha value is -1.80. The molecule has 21 heavy (non-hydrogen) atoms. The number of benzene rings is 1. The molecule has 0 saturated heterocycles. The number of carbonyl (C=O) groups excluding carboxylic acids is 1. The number of rotatable bonds is 3. The highest BCUT2D eigenvalue weighted by molar-refractivity contribution is 9.13. The molecule has 0 spiro atoms. The van der Waals surface area contributed by atoms with Crippen LogP contribution in [0.5, 0.6) is 11.5 Å². The fourth-order valence-electron chi connectivity index (χ4n) is 1.68. The average molecular weight is 416 g/mol. The predicted molar refractivity (Wildman–Crippen MR) is 81.7 cm³/mol. The van der Waals surface area contributed by atoms with E-state index in [9.17, 15) is 4.79 Å². The molecule has 0 saturated carbocycles. The van der Waals surface area contributed by atoms with Crippen molar-refractivity contribution in [3.05, 3.63) is 44.7 Å². The summed E-state index contributed by atoms with van der Waals surface area (Å²) in [5.74, 6) is 1.32. The van der Waals surface area contributed by atoms with Gasteiger partial charge in [0.2, 0.25) is 6.79 Å². The van der Waals surface area contributed by atoms with Crippen molar-refractivity contribution in [2.24, 2.45) is 5.10 Å². The van der Waals surface area contributed by atoms with Crippen LogP contribution in [0, 0.1) is 0 Å². The summed E-state index contributed by atoms with van der Waals surface area (Å²) in [6.07, 6.45) is 1.40. The van der Waals surface area contributed by atoms with Gasteiger partial charge in [0, 0.05) is 11.6 Å². The number of nitrogens with zero attached hydrogens (tertiary/aromatic N) is 1. The second-order valence-electron chi connectivity index (χ2n) is 4.04. The number of halogens is 2. The van der Waals surface area contributed by atoms with Crippen LogP contribution in [0.1, 0.15) is 16.1 Å². The van der Waals surface area contributed by atoms with E-state index in [0.717, 1.165) is 4.47 Å². The molecule has 6 nitrogen and oxygen atoms in total. The number of amides is 1. The Morgan fingerprint density at radius 3 is 2.81 bits per heavy atom. The monoisotopic (exact) mass is 414 g/mol. The van der Waals surface area contributed by atoms with E-state index in [1.165, 1.54) is 6.21 Å². The van der Waals surface area contributed by atoms with Crippen molar-refractivity contribution in [3.63, 3.8) is 0 Å². The van der Waals surface area contributed by atoms with E-state index in [0.29, 0.717) is 27.5 Å². The van der Waals surface area contributed by atoms with E-state index in [-0.39, 0.29) is 12.7 Å². The first-order chi connectivity index (χ1) is 10.1. The Morgan fingerprint density at radius 2 is 2.05 bits per heavy atom. The van der Waals surface area contributed by atoms with Crippen LogP contribution in [-0.4, -0.2) is 18.9 Å². The topological polar surface area (TPSA) is 73.1 Å². The molecule has 8 heteroatoms. The van der Waals surface area contributed by atoms with Crippen molar-refractivity contribution in [1.29, 1.82) is 0 Å². The third kappa shape index (κ3) is 3.11. The highest BCUT2D eigenvalue weighted by Gasteiger charge is 2.15. The molecule has 0 fully saturated rings. The van der Waals surface area contributed by atoms with Crippen molar-refractivity contribution < 1.29 is 18.7 Å². The fourth-order valence-corrected chi connectivity index (χ4v) is 2.29. The maximum absolute atomic E-state index is 11.9. The van der Waals surface area contributed by atoms with Crippen LogP contribution in [0.4, 0.5) is 0 Å². The van der Waals surface area contributed by atoms with Gasteiger partial charge in [0.25, 0.3) is 5.91 Å². The summed E-state index contributed by atoms with van der Waals surface area (Å²) in [5, 5.41) is 3.83. The van der Waals surface area contributed by atoms with Crippen LogP contribution in [0.15, 0.2) is 42.9 Å². The van der Waals surface area contributed by atoms with Crippen molar-refractivity contribution >= 4 is 44.0 Å². The maximum atomic E-state index is 11.9. The summed E-state index contributed by atoms with van der Waals surface area (Å²) in [4.78, 5) is 11.9. The Bertz CT molecular complexity index is 707. The molecule has 0 bridgehead atoms. The quantitative estimate of drug-likeness (QED) is 0.616. The van der Waals surface area contributed by atoms with Crippen LogP contribution in [0.3, 0.4) is 0 Å². The number of furan rings is 1. The fraction of sp³-hybridized carbons (Fsp3) is 0.0769. The zero-order valence-electron chi connectivity index (χ0n) is 10.4. The first kappa shape index (κ1) is 14.2. The lowest BCUT2D eigenvalue weighted by Crippen LogP contribution is -2.17. The number of hydrogen-bond donors (Lipinski definition) is 1. The van der Waals surface area contributed by atoms with Gasteiger partial charge in [0.15, 0.2) is 16.2 Å². The first-order valence-electron chi connectivity index (χ1n) is 5.81. The van der Waals surface area contributed by atoms with Crippen LogP contribution >= 0.6 is 31.9 Å². The maximum Gasteiger partial charge on any atom is 0.271 e. The summed E-state index contributed by atoms with van der Waals surface area (Å²) in [6, 6.07) is 6.65. The molecule has 108 valence electrons. The zero-order valence-corrected chi connectivity index (χ0v) is 13.6. The minimum Gasteiger partial charge on any atom is -0.454 e. The predicted octanol–water partition coefficient (Wildman–Crippen LogP) is 3.30. The summed E-state index contributed by atoms with van der Waals surface area (Å²) in [6.45, 7) is 0.167. The van der Waals surface area contributed by atoms with E-state index < -0.39 is 0 Å². The van der Waals surface area contributed by atoms with Crippen LogP contribution in [-0.2, 0) is 0 Å². The third-order valence-electron chi connectivity index (χ3n) is 2.66. The Kier molecular flexibility index (Phi) is 3.98. The molecular weight excluding hydrogens is 408 g/mol. The van der Waals surface area contributed by atoms with Gasteiger partial charge in [0.1, 0.15) is 5.76 Å². The molecule has 1 amide bonds. The summed E-state index contributed by atoms with van der Waals surface area (Å²) in [5.41, 5.74) is 2.84. The van der Waals surface area contributed by atoms with E-state index in [1.807, 2.05) is 0 Å². The Balaban J connectivity index is 1.66. The lowest BCUT2D eigenvalue weighted by molar-refractivity contribution is 0.0954. The molecular formula is C13H8Br2N2O4. The average Bonchev–Trinajstić information content (AvgIpc) is 3.05. The molecule has 1 aliphatic heterocycles. The molecule has 0 radical (unpaired) electrons. The third-order valence-corrected chi connectivity index (χ3v) is 4.37. The second kappa shape index (κ2) is 5.90. The van der Waals surface area contributed by atoms with Crippen LogP contribution in [0.25, 0.3) is 0 Å². The molecule has 1 aliphatic rings. The standard InChI is InChI=1S/C13H8Br2N2O4/c14-9-4-8(21-12(9)15)5-16-17-13(18)7-1-2-10-11(3-7)20-6-19-10/h1-5H,6H2,(H,17,18)/b16-5+. The van der Waals surface area contributed by atoms with E-state index in [1.54, 1.807) is 24.3 Å². The minimum absolute atomic E-state index is 0.167. The van der Waals surface area contributed by atoms with Crippen LogP contribution in [0.2, 0.25) is 0 Å². The SMILES string of the molecule is O=C(N/N=C/c1cc(Br)c(Br)o1)c1ccc2c(c1)OCO2. The number of carbonyl (C=O) groups is 1. The number of fused-ring (bicyclic) bond motifs is 1. The Labute approximate surface area is 136 Å². The largest absolute Gasteiger partial charge is 0.454 e. The van der Waals surface area contributed by atoms with Gasteiger partial charge in [-0.25, -0.2) is 5.43 Å². The zero-order chi connectivity index (χ0) is 14.8. The van der Waals surface area contributed by atoms with Gasteiger partial charge < -0.3 is 13.9 Å². The smallest absolute Gasteiger partial charge is 0.271 e. The molecule has 1 aromatic heterocycles. The van der Waals surface area contributed by atoms with Crippen molar-refractivity contribution in [2.75, 3.05) is 6.79 Å². The highest BCUT2D eigenvalue weighted by atomic mass is 79.9. The van der Waals surface area contributed by atoms with Crippen molar-refractivity contribution in [3.8, 4) is 11.5 Å². The van der Waals surface area contributed by atoms with Gasteiger partial charge in [-0.3, -0.25) is 4.79 Å². The van der Waals surface area contributed by atoms with Gasteiger partial charge in [-0.2, -0.15) is 5.10 Å². The molecule has 0 atom stereocenters. The molecule has 3 rings (SSSR count). The number of nitrogens with one attached hydrogen (secondary N) is 1. The number of hydrazone groups is 1. The molecule has 2 heterocycles. The second-order valence-corrected chi connectivity index (χ2v) is 5.61. The molecule has 1 aromatic carbocycles. The highest BCUT2D eigenvalue weighted by Crippen LogP contribution is 2.32. The lowest BCUT2D eigenvalue weighted by Gasteiger charge is -2.01. The van der Waals surface area contributed by atoms with Gasteiger partial charge in [-0.1, -0.05) is 0 Å². The lowest BCUT2D eigenvalue weighted by atomic mass is 10.2. The molecule has 1 N–H and O–H groups in total. The van der Waals surface area contributed by atoms with Crippen molar-refractivity contribution in [2.45, 2.75) is 0 Å².